The first-order chi connectivity index (χ1) is 6.20. The summed E-state index contributed by atoms with van der Waals surface area (Å²) in [7, 11) is 1.95. The van der Waals surface area contributed by atoms with Crippen molar-refractivity contribution < 1.29 is 0 Å². The zero-order chi connectivity index (χ0) is 9.42. The van der Waals surface area contributed by atoms with Gasteiger partial charge in [0.2, 0.25) is 0 Å². The van der Waals surface area contributed by atoms with Crippen molar-refractivity contribution >= 4 is 0 Å². The Morgan fingerprint density at radius 3 is 2.54 bits per heavy atom. The van der Waals surface area contributed by atoms with Gasteiger partial charge in [-0.05, 0) is 13.8 Å². The molecule has 4 heteroatoms. The standard InChI is InChI=1S/C9H12N4/c1-7-9(8(2)12(3)11-7)13-5-4-10-6-13/h4-6H,1-3H3. The van der Waals surface area contributed by atoms with E-state index >= 15 is 0 Å². The third-order valence-electron chi connectivity index (χ3n) is 2.23. The second-order valence-electron chi connectivity index (χ2n) is 3.11. The highest BCUT2D eigenvalue weighted by Crippen LogP contribution is 2.16. The van der Waals surface area contributed by atoms with Crippen LogP contribution in [0.25, 0.3) is 5.69 Å². The van der Waals surface area contributed by atoms with E-state index in [0.717, 1.165) is 17.1 Å². The lowest BCUT2D eigenvalue weighted by atomic mass is 10.3. The molecule has 0 aromatic carbocycles. The average Bonchev–Trinajstić information content (AvgIpc) is 2.63. The van der Waals surface area contributed by atoms with E-state index in [1.165, 1.54) is 0 Å². The van der Waals surface area contributed by atoms with Gasteiger partial charge in [-0.25, -0.2) is 4.98 Å². The molecule has 0 amide bonds. The van der Waals surface area contributed by atoms with Crippen LogP contribution in [0.15, 0.2) is 18.7 Å². The van der Waals surface area contributed by atoms with Gasteiger partial charge in [-0.3, -0.25) is 4.68 Å². The quantitative estimate of drug-likeness (QED) is 0.655. The van der Waals surface area contributed by atoms with Crippen LogP contribution in [0.5, 0.6) is 0 Å². The van der Waals surface area contributed by atoms with E-state index in [1.807, 2.05) is 29.4 Å². The molecule has 0 unspecified atom stereocenters. The third-order valence-corrected chi connectivity index (χ3v) is 2.23. The third kappa shape index (κ3) is 1.14. The minimum absolute atomic E-state index is 1.03. The first-order valence-corrected chi connectivity index (χ1v) is 4.18. The highest BCUT2D eigenvalue weighted by atomic mass is 15.3. The number of nitrogens with zero attached hydrogens (tertiary/aromatic N) is 4. The molecule has 2 rings (SSSR count). The maximum atomic E-state index is 4.33. The molecule has 2 aromatic rings. The van der Waals surface area contributed by atoms with E-state index in [9.17, 15) is 0 Å². The van der Waals surface area contributed by atoms with Crippen LogP contribution in [-0.4, -0.2) is 19.3 Å². The van der Waals surface area contributed by atoms with Crippen molar-refractivity contribution in [2.45, 2.75) is 13.8 Å². The number of aromatic nitrogens is 4. The van der Waals surface area contributed by atoms with Crippen LogP contribution >= 0.6 is 0 Å². The maximum absolute atomic E-state index is 4.33. The molecular weight excluding hydrogens is 164 g/mol. The second-order valence-corrected chi connectivity index (χ2v) is 3.11. The normalized spacial score (nSPS) is 10.7. The van der Waals surface area contributed by atoms with E-state index in [-0.39, 0.29) is 0 Å². The Hall–Kier alpha value is -1.58. The molecule has 0 N–H and O–H groups in total. The van der Waals surface area contributed by atoms with Crippen molar-refractivity contribution in [2.24, 2.45) is 7.05 Å². The fourth-order valence-electron chi connectivity index (χ4n) is 1.53. The average molecular weight is 176 g/mol. The monoisotopic (exact) mass is 176 g/mol. The van der Waals surface area contributed by atoms with E-state index in [0.29, 0.717) is 0 Å². The van der Waals surface area contributed by atoms with Crippen molar-refractivity contribution in [1.82, 2.24) is 19.3 Å². The van der Waals surface area contributed by atoms with Gasteiger partial charge < -0.3 is 4.57 Å². The number of rotatable bonds is 1. The molecule has 68 valence electrons. The van der Waals surface area contributed by atoms with Crippen molar-refractivity contribution in [3.8, 4) is 5.69 Å². The molecule has 0 fully saturated rings. The number of hydrogen-bond acceptors (Lipinski definition) is 2. The lowest BCUT2D eigenvalue weighted by Crippen LogP contribution is -1.96. The fraction of sp³-hybridized carbons (Fsp3) is 0.333. The Morgan fingerprint density at radius 2 is 2.08 bits per heavy atom. The molecule has 0 saturated carbocycles. The minimum atomic E-state index is 1.03. The van der Waals surface area contributed by atoms with Gasteiger partial charge in [-0.15, -0.1) is 0 Å². The summed E-state index contributed by atoms with van der Waals surface area (Å²) in [4.78, 5) is 4.02. The molecule has 0 spiro atoms. The van der Waals surface area contributed by atoms with Gasteiger partial charge in [0.15, 0.2) is 0 Å². The molecule has 2 aromatic heterocycles. The van der Waals surface area contributed by atoms with Crippen LogP contribution in [0.2, 0.25) is 0 Å². The minimum Gasteiger partial charge on any atom is -0.303 e. The molecule has 0 aliphatic rings. The van der Waals surface area contributed by atoms with Crippen LogP contribution in [0.1, 0.15) is 11.4 Å². The predicted molar refractivity (Wildman–Crippen MR) is 49.8 cm³/mol. The van der Waals surface area contributed by atoms with Gasteiger partial charge in [0, 0.05) is 19.4 Å². The van der Waals surface area contributed by atoms with Gasteiger partial charge in [-0.1, -0.05) is 0 Å². The molecule has 13 heavy (non-hydrogen) atoms. The lowest BCUT2D eigenvalue weighted by Gasteiger charge is -2.01. The van der Waals surface area contributed by atoms with Gasteiger partial charge in [0.1, 0.15) is 0 Å². The van der Waals surface area contributed by atoms with Crippen molar-refractivity contribution in [3.05, 3.63) is 30.1 Å². The van der Waals surface area contributed by atoms with Crippen LogP contribution in [0.4, 0.5) is 0 Å². The van der Waals surface area contributed by atoms with Crippen molar-refractivity contribution in [3.63, 3.8) is 0 Å². The Kier molecular flexibility index (Phi) is 1.69. The van der Waals surface area contributed by atoms with Crippen LogP contribution < -0.4 is 0 Å². The molecule has 0 radical (unpaired) electrons. The van der Waals surface area contributed by atoms with Crippen LogP contribution in [-0.2, 0) is 7.05 Å². The van der Waals surface area contributed by atoms with E-state index < -0.39 is 0 Å². The first-order valence-electron chi connectivity index (χ1n) is 4.18. The number of hydrogen-bond donors (Lipinski definition) is 0. The van der Waals surface area contributed by atoms with E-state index in [2.05, 4.69) is 17.0 Å². The molecule has 2 heterocycles. The van der Waals surface area contributed by atoms with Crippen LogP contribution in [0.3, 0.4) is 0 Å². The summed E-state index contributed by atoms with van der Waals surface area (Å²) in [6, 6.07) is 0. The molecule has 4 nitrogen and oxygen atoms in total. The van der Waals surface area contributed by atoms with Crippen molar-refractivity contribution in [2.75, 3.05) is 0 Å². The van der Waals surface area contributed by atoms with Gasteiger partial charge in [-0.2, -0.15) is 5.10 Å². The molecule has 0 aliphatic carbocycles. The fourth-order valence-corrected chi connectivity index (χ4v) is 1.53. The predicted octanol–water partition coefficient (Wildman–Crippen LogP) is 1.22. The Labute approximate surface area is 76.8 Å². The molecular formula is C9H12N4. The summed E-state index contributed by atoms with van der Waals surface area (Å²) in [6.07, 6.45) is 5.49. The summed E-state index contributed by atoms with van der Waals surface area (Å²) < 4.78 is 3.86. The van der Waals surface area contributed by atoms with Crippen molar-refractivity contribution in [1.29, 1.82) is 0 Å². The Morgan fingerprint density at radius 1 is 1.31 bits per heavy atom. The highest BCUT2D eigenvalue weighted by molar-refractivity contribution is 5.40. The van der Waals surface area contributed by atoms with Gasteiger partial charge in [0.25, 0.3) is 0 Å². The maximum Gasteiger partial charge on any atom is 0.0992 e. The summed E-state index contributed by atoms with van der Waals surface area (Å²) >= 11 is 0. The highest BCUT2D eigenvalue weighted by Gasteiger charge is 2.09. The summed E-state index contributed by atoms with van der Waals surface area (Å²) in [5.41, 5.74) is 3.30. The zero-order valence-electron chi connectivity index (χ0n) is 8.02. The summed E-state index contributed by atoms with van der Waals surface area (Å²) in [5.74, 6) is 0. The van der Waals surface area contributed by atoms with E-state index in [4.69, 9.17) is 0 Å². The second kappa shape index (κ2) is 2.73. The SMILES string of the molecule is Cc1nn(C)c(C)c1-n1ccnc1. The van der Waals surface area contributed by atoms with E-state index in [1.54, 1.807) is 12.5 Å². The Balaban J connectivity index is 2.64. The largest absolute Gasteiger partial charge is 0.303 e. The number of aryl methyl sites for hydroxylation is 2. The molecule has 0 aliphatic heterocycles. The Bertz CT molecular complexity index is 411. The zero-order valence-corrected chi connectivity index (χ0v) is 8.02. The molecule has 0 atom stereocenters. The summed E-state index contributed by atoms with van der Waals surface area (Å²) in [5, 5.41) is 4.33. The molecule has 0 bridgehead atoms. The molecule has 0 saturated heterocycles. The van der Waals surface area contributed by atoms with Gasteiger partial charge in [0.05, 0.1) is 23.4 Å². The van der Waals surface area contributed by atoms with Crippen LogP contribution in [0, 0.1) is 13.8 Å². The summed E-state index contributed by atoms with van der Waals surface area (Å²) in [6.45, 7) is 4.05. The number of imidazole rings is 1. The lowest BCUT2D eigenvalue weighted by molar-refractivity contribution is 0.730. The smallest absolute Gasteiger partial charge is 0.0992 e. The van der Waals surface area contributed by atoms with Gasteiger partial charge >= 0.3 is 0 Å². The topological polar surface area (TPSA) is 35.6 Å². The first kappa shape index (κ1) is 8.04.